The number of anilines is 1. The fourth-order valence-corrected chi connectivity index (χ4v) is 4.07. The lowest BCUT2D eigenvalue weighted by Crippen LogP contribution is -2.32. The number of fused-ring (bicyclic) bond motifs is 1. The number of halogens is 1. The van der Waals surface area contributed by atoms with E-state index in [2.05, 4.69) is 20.7 Å². The molecule has 0 unspecified atom stereocenters. The zero-order valence-corrected chi connectivity index (χ0v) is 16.3. The van der Waals surface area contributed by atoms with E-state index in [-0.39, 0.29) is 10.5 Å². The Bertz CT molecular complexity index is 891. The first-order chi connectivity index (χ1) is 11.2. The standard InChI is InChI=1S/C18H20BrNO3S/c1-12-10-14(4-6-16(12)19)20-24(21,22)15-5-7-17-13(11-15)8-9-18(2,3)23-17/h4-7,10-11,20H,8-9H2,1-3H3. The van der Waals surface area contributed by atoms with Gasteiger partial charge in [0.2, 0.25) is 0 Å². The summed E-state index contributed by atoms with van der Waals surface area (Å²) in [6.07, 6.45) is 1.67. The summed E-state index contributed by atoms with van der Waals surface area (Å²) in [5, 5.41) is 0. The number of nitrogens with one attached hydrogen (secondary N) is 1. The van der Waals surface area contributed by atoms with Gasteiger partial charge in [0.25, 0.3) is 10.0 Å². The maximum absolute atomic E-state index is 12.6. The summed E-state index contributed by atoms with van der Waals surface area (Å²) in [6.45, 7) is 6.00. The third kappa shape index (κ3) is 3.59. The zero-order valence-electron chi connectivity index (χ0n) is 13.9. The minimum absolute atomic E-state index is 0.208. The third-order valence-electron chi connectivity index (χ3n) is 4.14. The highest BCUT2D eigenvalue weighted by Gasteiger charge is 2.27. The molecule has 0 saturated heterocycles. The monoisotopic (exact) mass is 409 g/mol. The van der Waals surface area contributed by atoms with Crippen LogP contribution >= 0.6 is 15.9 Å². The number of rotatable bonds is 3. The van der Waals surface area contributed by atoms with Crippen LogP contribution in [0.15, 0.2) is 45.8 Å². The van der Waals surface area contributed by atoms with E-state index in [0.29, 0.717) is 5.69 Å². The molecular formula is C18H20BrNO3S. The minimum atomic E-state index is -3.63. The Morgan fingerprint density at radius 1 is 1.17 bits per heavy atom. The van der Waals surface area contributed by atoms with E-state index in [1.807, 2.05) is 26.8 Å². The van der Waals surface area contributed by atoms with Gasteiger partial charge in [-0.2, -0.15) is 0 Å². The van der Waals surface area contributed by atoms with Crippen molar-refractivity contribution < 1.29 is 13.2 Å². The molecule has 1 N–H and O–H groups in total. The SMILES string of the molecule is Cc1cc(NS(=O)(=O)c2ccc3c(c2)CCC(C)(C)O3)ccc1Br. The quantitative estimate of drug-likeness (QED) is 0.801. The highest BCUT2D eigenvalue weighted by atomic mass is 79.9. The molecule has 0 radical (unpaired) electrons. The van der Waals surface area contributed by atoms with E-state index >= 15 is 0 Å². The summed E-state index contributed by atoms with van der Waals surface area (Å²) >= 11 is 3.41. The molecule has 1 aliphatic heterocycles. The van der Waals surface area contributed by atoms with Gasteiger partial charge in [-0.25, -0.2) is 8.42 Å². The van der Waals surface area contributed by atoms with Crippen LogP contribution in [0.3, 0.4) is 0 Å². The molecule has 2 aromatic rings. The third-order valence-corrected chi connectivity index (χ3v) is 6.40. The van der Waals surface area contributed by atoms with Gasteiger partial charge in [0.15, 0.2) is 0 Å². The second-order valence-electron chi connectivity index (χ2n) is 6.70. The molecule has 4 nitrogen and oxygen atoms in total. The van der Waals surface area contributed by atoms with E-state index < -0.39 is 10.0 Å². The zero-order chi connectivity index (χ0) is 17.5. The van der Waals surface area contributed by atoms with Crippen LogP contribution in [0.4, 0.5) is 5.69 Å². The molecule has 0 bridgehead atoms. The molecule has 128 valence electrons. The highest BCUT2D eigenvalue weighted by Crippen LogP contribution is 2.34. The first-order valence-corrected chi connectivity index (χ1v) is 10.0. The summed E-state index contributed by atoms with van der Waals surface area (Å²) in [7, 11) is -3.63. The lowest BCUT2D eigenvalue weighted by molar-refractivity contribution is 0.0845. The van der Waals surface area contributed by atoms with Gasteiger partial charge in [-0.05, 0) is 81.1 Å². The molecule has 0 amide bonds. The molecule has 0 fully saturated rings. The Balaban J connectivity index is 1.89. The van der Waals surface area contributed by atoms with E-state index in [0.717, 1.165) is 34.2 Å². The number of ether oxygens (including phenoxy) is 1. The summed E-state index contributed by atoms with van der Waals surface area (Å²) in [5.41, 5.74) is 2.24. The molecule has 1 aliphatic rings. The molecule has 2 aromatic carbocycles. The van der Waals surface area contributed by atoms with Crippen LogP contribution in [-0.2, 0) is 16.4 Å². The fourth-order valence-electron chi connectivity index (χ4n) is 2.72. The van der Waals surface area contributed by atoms with Crippen LogP contribution in [0.5, 0.6) is 5.75 Å². The number of hydrogen-bond donors (Lipinski definition) is 1. The Morgan fingerprint density at radius 3 is 2.62 bits per heavy atom. The largest absolute Gasteiger partial charge is 0.488 e. The van der Waals surface area contributed by atoms with Crippen molar-refractivity contribution >= 4 is 31.6 Å². The Hall–Kier alpha value is -1.53. The molecule has 24 heavy (non-hydrogen) atoms. The van der Waals surface area contributed by atoms with Crippen molar-refractivity contribution in [1.29, 1.82) is 0 Å². The second kappa shape index (κ2) is 6.08. The average Bonchev–Trinajstić information content (AvgIpc) is 2.49. The van der Waals surface area contributed by atoms with E-state index in [1.54, 1.807) is 30.3 Å². The summed E-state index contributed by atoms with van der Waals surface area (Å²) < 4.78 is 34.8. The van der Waals surface area contributed by atoms with Crippen molar-refractivity contribution in [3.05, 3.63) is 52.0 Å². The molecule has 6 heteroatoms. The number of hydrogen-bond acceptors (Lipinski definition) is 3. The molecular weight excluding hydrogens is 390 g/mol. The van der Waals surface area contributed by atoms with Gasteiger partial charge < -0.3 is 4.74 Å². The van der Waals surface area contributed by atoms with Gasteiger partial charge in [-0.3, -0.25) is 4.72 Å². The van der Waals surface area contributed by atoms with Gasteiger partial charge in [0, 0.05) is 10.2 Å². The lowest BCUT2D eigenvalue weighted by Gasteiger charge is -2.32. The highest BCUT2D eigenvalue weighted by molar-refractivity contribution is 9.10. The number of sulfonamides is 1. The van der Waals surface area contributed by atoms with Gasteiger partial charge in [-0.15, -0.1) is 0 Å². The average molecular weight is 410 g/mol. The first kappa shape index (κ1) is 17.3. The number of aryl methyl sites for hydroxylation is 2. The summed E-state index contributed by atoms with van der Waals surface area (Å²) in [5.74, 6) is 0.768. The summed E-state index contributed by atoms with van der Waals surface area (Å²) in [6, 6.07) is 10.4. The Morgan fingerprint density at radius 2 is 1.92 bits per heavy atom. The van der Waals surface area contributed by atoms with Crippen molar-refractivity contribution in [3.63, 3.8) is 0 Å². The smallest absolute Gasteiger partial charge is 0.261 e. The van der Waals surface area contributed by atoms with Gasteiger partial charge in [0.1, 0.15) is 11.4 Å². The normalized spacial score (nSPS) is 16.2. The Kier molecular flexibility index (Phi) is 4.38. The molecule has 0 aromatic heterocycles. The minimum Gasteiger partial charge on any atom is -0.488 e. The predicted octanol–water partition coefficient (Wildman–Crippen LogP) is 4.66. The molecule has 0 aliphatic carbocycles. The lowest BCUT2D eigenvalue weighted by atomic mass is 9.94. The van der Waals surface area contributed by atoms with Crippen LogP contribution in [0.25, 0.3) is 0 Å². The van der Waals surface area contributed by atoms with Crippen molar-refractivity contribution in [2.24, 2.45) is 0 Å². The Labute approximate surface area is 151 Å². The van der Waals surface area contributed by atoms with E-state index in [4.69, 9.17) is 4.74 Å². The topological polar surface area (TPSA) is 55.4 Å². The molecule has 1 heterocycles. The van der Waals surface area contributed by atoms with E-state index in [1.165, 1.54) is 0 Å². The second-order valence-corrected chi connectivity index (χ2v) is 9.24. The molecule has 0 atom stereocenters. The van der Waals surface area contributed by atoms with Crippen molar-refractivity contribution in [2.75, 3.05) is 4.72 Å². The van der Waals surface area contributed by atoms with Crippen LogP contribution in [0.2, 0.25) is 0 Å². The maximum atomic E-state index is 12.6. The van der Waals surface area contributed by atoms with E-state index in [9.17, 15) is 8.42 Å². The molecule has 3 rings (SSSR count). The maximum Gasteiger partial charge on any atom is 0.261 e. The van der Waals surface area contributed by atoms with Crippen molar-refractivity contribution in [3.8, 4) is 5.75 Å². The van der Waals surface area contributed by atoms with Crippen LogP contribution in [-0.4, -0.2) is 14.0 Å². The van der Waals surface area contributed by atoms with Crippen LogP contribution in [0.1, 0.15) is 31.4 Å². The predicted molar refractivity (Wildman–Crippen MR) is 99.2 cm³/mol. The first-order valence-electron chi connectivity index (χ1n) is 7.77. The van der Waals surface area contributed by atoms with Gasteiger partial charge in [-0.1, -0.05) is 15.9 Å². The number of benzene rings is 2. The van der Waals surface area contributed by atoms with Gasteiger partial charge in [0.05, 0.1) is 4.90 Å². The fraction of sp³-hybridized carbons (Fsp3) is 0.333. The summed E-state index contributed by atoms with van der Waals surface area (Å²) in [4.78, 5) is 0.255. The van der Waals surface area contributed by atoms with Crippen molar-refractivity contribution in [1.82, 2.24) is 0 Å². The molecule has 0 spiro atoms. The van der Waals surface area contributed by atoms with Crippen LogP contribution < -0.4 is 9.46 Å². The van der Waals surface area contributed by atoms with Crippen LogP contribution in [0, 0.1) is 6.92 Å². The van der Waals surface area contributed by atoms with Crippen molar-refractivity contribution in [2.45, 2.75) is 44.1 Å². The molecule has 0 saturated carbocycles. The van der Waals surface area contributed by atoms with Gasteiger partial charge >= 0.3 is 0 Å².